The minimum atomic E-state index is -0.579. The monoisotopic (exact) mass is 361 g/mol. The van der Waals surface area contributed by atoms with E-state index in [9.17, 15) is 15.0 Å². The highest BCUT2D eigenvalue weighted by Gasteiger charge is 2.28. The molecule has 0 unspecified atom stereocenters. The van der Waals surface area contributed by atoms with E-state index in [1.54, 1.807) is 20.8 Å². The van der Waals surface area contributed by atoms with E-state index >= 15 is 0 Å². The molecule has 1 heterocycles. The van der Waals surface area contributed by atoms with Crippen molar-refractivity contribution in [3.8, 4) is 0 Å². The lowest BCUT2D eigenvalue weighted by Crippen LogP contribution is -2.42. The Labute approximate surface area is 150 Å². The molecule has 0 aromatic carbocycles. The van der Waals surface area contributed by atoms with Crippen LogP contribution in [0.5, 0.6) is 0 Å². The maximum Gasteiger partial charge on any atom is 0.410 e. The van der Waals surface area contributed by atoms with E-state index in [-0.39, 0.29) is 25.3 Å². The van der Waals surface area contributed by atoms with Crippen LogP contribution in [0.1, 0.15) is 65.7 Å². The molecule has 25 heavy (non-hydrogen) atoms. The number of β-amino-alcohol motifs (C(OH)–C–C–N with tert-alkyl or cyclic N) is 2. The van der Waals surface area contributed by atoms with Gasteiger partial charge < -0.3 is 30.1 Å². The van der Waals surface area contributed by atoms with Crippen molar-refractivity contribution < 1.29 is 30.0 Å². The van der Waals surface area contributed by atoms with Crippen molar-refractivity contribution in [2.75, 3.05) is 13.1 Å². The number of likely N-dealkylation sites (tertiary alicyclic amines) is 1. The summed E-state index contributed by atoms with van der Waals surface area (Å²) in [5, 5.41) is 37.3. The van der Waals surface area contributed by atoms with Crippen LogP contribution in [-0.2, 0) is 4.74 Å². The fourth-order valence-electron chi connectivity index (χ4n) is 2.89. The summed E-state index contributed by atoms with van der Waals surface area (Å²) in [6, 6.07) is 0. The first kappa shape index (κ1) is 22.2. The van der Waals surface area contributed by atoms with Crippen molar-refractivity contribution in [3.05, 3.63) is 0 Å². The number of nitrogens with zero attached hydrogens (tertiary/aromatic N) is 1. The highest BCUT2D eigenvalue weighted by Crippen LogP contribution is 2.17. The van der Waals surface area contributed by atoms with Gasteiger partial charge in [-0.15, -0.1) is 0 Å². The summed E-state index contributed by atoms with van der Waals surface area (Å²) >= 11 is 0. The van der Waals surface area contributed by atoms with Gasteiger partial charge in [-0.05, 0) is 65.7 Å². The van der Waals surface area contributed by atoms with Gasteiger partial charge in [-0.3, -0.25) is 0 Å². The van der Waals surface area contributed by atoms with E-state index in [2.05, 4.69) is 0 Å². The molecule has 4 N–H and O–H groups in total. The highest BCUT2D eigenvalue weighted by atomic mass is 16.6. The van der Waals surface area contributed by atoms with Crippen molar-refractivity contribution in [1.29, 1.82) is 0 Å². The number of rotatable bonds is 0. The second-order valence-electron chi connectivity index (χ2n) is 8.09. The zero-order chi connectivity index (χ0) is 19.0. The zero-order valence-corrected chi connectivity index (χ0v) is 15.7. The Morgan fingerprint density at radius 1 is 0.800 bits per heavy atom. The van der Waals surface area contributed by atoms with Gasteiger partial charge in [0.25, 0.3) is 0 Å². The van der Waals surface area contributed by atoms with Crippen molar-refractivity contribution in [3.63, 3.8) is 0 Å². The topological polar surface area (TPSA) is 110 Å². The Bertz CT molecular complexity index is 376. The minimum Gasteiger partial charge on any atom is -0.444 e. The Morgan fingerprint density at radius 3 is 1.60 bits per heavy atom. The molecule has 0 bridgehead atoms. The molecule has 7 nitrogen and oxygen atoms in total. The predicted octanol–water partition coefficient (Wildman–Crippen LogP) is 1.41. The Morgan fingerprint density at radius 2 is 1.20 bits per heavy atom. The molecule has 0 aromatic heterocycles. The van der Waals surface area contributed by atoms with Crippen LogP contribution < -0.4 is 0 Å². The SMILES string of the molecule is CC(C)(C)OC(=O)N1C[C@H](O)CC[C@H](O)C1.O[C@@H]1CCC[C@H](O)CC1. The lowest BCUT2D eigenvalue weighted by atomic mass is 10.1. The number of hydrogen-bond donors (Lipinski definition) is 4. The summed E-state index contributed by atoms with van der Waals surface area (Å²) in [5.41, 5.74) is -0.556. The average Bonchev–Trinajstić information content (AvgIpc) is 2.77. The molecular weight excluding hydrogens is 326 g/mol. The second-order valence-corrected chi connectivity index (χ2v) is 8.09. The molecule has 1 saturated heterocycles. The molecular formula is C18H35NO6. The lowest BCUT2D eigenvalue weighted by Gasteiger charge is -2.27. The fourth-order valence-corrected chi connectivity index (χ4v) is 2.89. The van der Waals surface area contributed by atoms with Gasteiger partial charge in [-0.25, -0.2) is 4.79 Å². The third-order valence-corrected chi connectivity index (χ3v) is 4.25. The first-order valence-electron chi connectivity index (χ1n) is 9.27. The van der Waals surface area contributed by atoms with Crippen LogP contribution in [0.4, 0.5) is 4.79 Å². The van der Waals surface area contributed by atoms with Crippen molar-refractivity contribution in [2.45, 2.75) is 95.7 Å². The largest absolute Gasteiger partial charge is 0.444 e. The van der Waals surface area contributed by atoms with Crippen LogP contribution in [0.3, 0.4) is 0 Å². The lowest BCUT2D eigenvalue weighted by molar-refractivity contribution is 0.0111. The first-order chi connectivity index (χ1) is 11.6. The van der Waals surface area contributed by atoms with E-state index < -0.39 is 23.9 Å². The average molecular weight is 361 g/mol. The Balaban J connectivity index is 0.000000293. The van der Waals surface area contributed by atoms with Crippen LogP contribution in [0.25, 0.3) is 0 Å². The van der Waals surface area contributed by atoms with Gasteiger partial charge in [-0.1, -0.05) is 0 Å². The van der Waals surface area contributed by atoms with Crippen molar-refractivity contribution in [1.82, 2.24) is 4.90 Å². The van der Waals surface area contributed by atoms with E-state index in [1.807, 2.05) is 0 Å². The van der Waals surface area contributed by atoms with Gasteiger partial charge in [0.15, 0.2) is 0 Å². The molecule has 2 fully saturated rings. The predicted molar refractivity (Wildman–Crippen MR) is 94.2 cm³/mol. The Hall–Kier alpha value is -0.890. The molecule has 0 aromatic rings. The fraction of sp³-hybridized carbons (Fsp3) is 0.944. The molecule has 0 spiro atoms. The number of carbonyl (C=O) groups excluding carboxylic acids is 1. The molecule has 0 radical (unpaired) electrons. The van der Waals surface area contributed by atoms with E-state index in [0.717, 1.165) is 32.1 Å². The second kappa shape index (κ2) is 10.3. The molecule has 2 aliphatic rings. The number of aliphatic hydroxyl groups excluding tert-OH is 4. The molecule has 1 amide bonds. The summed E-state index contributed by atoms with van der Waals surface area (Å²) in [7, 11) is 0. The van der Waals surface area contributed by atoms with E-state index in [0.29, 0.717) is 12.8 Å². The number of carbonyl (C=O) groups is 1. The standard InChI is InChI=1S/C11H21NO4.C7H14O2/c1-11(2,3)16-10(15)12-6-8(13)4-5-9(14)7-12;8-6-2-1-3-7(9)5-4-6/h8-9,13-14H,4-7H2,1-3H3;6-9H,1-5H2/t8-,9+;6-,7+. The zero-order valence-electron chi connectivity index (χ0n) is 15.7. The summed E-state index contributed by atoms with van der Waals surface area (Å²) in [6.45, 7) is 5.82. The van der Waals surface area contributed by atoms with Gasteiger partial charge >= 0.3 is 6.09 Å². The van der Waals surface area contributed by atoms with Gasteiger partial charge in [0.1, 0.15) is 5.60 Å². The number of aliphatic hydroxyl groups is 4. The van der Waals surface area contributed by atoms with Crippen molar-refractivity contribution in [2.24, 2.45) is 0 Å². The third-order valence-electron chi connectivity index (χ3n) is 4.25. The molecule has 7 heteroatoms. The van der Waals surface area contributed by atoms with Crippen LogP contribution >= 0.6 is 0 Å². The van der Waals surface area contributed by atoms with Crippen LogP contribution in [0.2, 0.25) is 0 Å². The van der Waals surface area contributed by atoms with Gasteiger partial charge in [0, 0.05) is 0 Å². The summed E-state index contributed by atoms with van der Waals surface area (Å²) in [5.74, 6) is 0. The number of ether oxygens (including phenoxy) is 1. The molecule has 4 atom stereocenters. The van der Waals surface area contributed by atoms with Gasteiger partial charge in [0.05, 0.1) is 37.5 Å². The molecule has 1 saturated carbocycles. The van der Waals surface area contributed by atoms with Crippen LogP contribution in [0.15, 0.2) is 0 Å². The Kier molecular flexibility index (Phi) is 9.13. The highest BCUT2D eigenvalue weighted by molar-refractivity contribution is 5.68. The van der Waals surface area contributed by atoms with Gasteiger partial charge in [0.2, 0.25) is 0 Å². The summed E-state index contributed by atoms with van der Waals surface area (Å²) < 4.78 is 5.19. The van der Waals surface area contributed by atoms with E-state index in [4.69, 9.17) is 14.9 Å². The molecule has 148 valence electrons. The van der Waals surface area contributed by atoms with Crippen LogP contribution in [0, 0.1) is 0 Å². The maximum absolute atomic E-state index is 11.7. The molecule has 1 aliphatic carbocycles. The maximum atomic E-state index is 11.7. The van der Waals surface area contributed by atoms with Crippen LogP contribution in [-0.4, -0.2) is 74.5 Å². The summed E-state index contributed by atoms with van der Waals surface area (Å²) in [4.78, 5) is 13.1. The normalized spacial score (nSPS) is 31.2. The van der Waals surface area contributed by atoms with E-state index in [1.165, 1.54) is 4.90 Å². The summed E-state index contributed by atoms with van der Waals surface area (Å²) in [6.07, 6.45) is 3.37. The van der Waals surface area contributed by atoms with Gasteiger partial charge in [-0.2, -0.15) is 0 Å². The molecule has 2 rings (SSSR count). The number of hydrogen-bond acceptors (Lipinski definition) is 6. The first-order valence-corrected chi connectivity index (χ1v) is 9.27. The smallest absolute Gasteiger partial charge is 0.410 e. The minimum absolute atomic E-state index is 0.151. The quantitative estimate of drug-likeness (QED) is 0.486. The third kappa shape index (κ3) is 9.99. The molecule has 1 aliphatic heterocycles. The van der Waals surface area contributed by atoms with Crippen molar-refractivity contribution >= 4 is 6.09 Å². The number of amides is 1.